The number of ether oxygens (including phenoxy) is 1. The molecule has 1 rings (SSSR count). The zero-order chi connectivity index (χ0) is 8.97. The van der Waals surface area contributed by atoms with Crippen molar-refractivity contribution in [1.82, 2.24) is 9.97 Å². The molecule has 1 heterocycles. The molecule has 0 amide bonds. The summed E-state index contributed by atoms with van der Waals surface area (Å²) in [5.41, 5.74) is 5.37. The highest BCUT2D eigenvalue weighted by Crippen LogP contribution is 1.97. The number of carbonyl (C=O) groups excluding carboxylic acids is 1. The van der Waals surface area contributed by atoms with Gasteiger partial charge in [-0.2, -0.15) is 0 Å². The number of rotatable bonds is 2. The molecule has 0 aliphatic carbocycles. The SMILES string of the molecule is COC(=O)Cc1nccc(N)n1. The first kappa shape index (κ1) is 8.45. The third kappa shape index (κ3) is 2.19. The van der Waals surface area contributed by atoms with Crippen molar-refractivity contribution >= 4 is 11.8 Å². The van der Waals surface area contributed by atoms with E-state index in [1.807, 2.05) is 0 Å². The number of hydrogen-bond donors (Lipinski definition) is 1. The van der Waals surface area contributed by atoms with E-state index in [-0.39, 0.29) is 12.4 Å². The molecule has 0 fully saturated rings. The van der Waals surface area contributed by atoms with Crippen molar-refractivity contribution in [3.8, 4) is 0 Å². The number of methoxy groups -OCH3 is 1. The molecule has 64 valence electrons. The van der Waals surface area contributed by atoms with Crippen LogP contribution in [0.4, 0.5) is 5.82 Å². The average Bonchev–Trinajstić information content (AvgIpc) is 2.04. The van der Waals surface area contributed by atoms with E-state index in [2.05, 4.69) is 14.7 Å². The molecule has 0 aromatic carbocycles. The molecule has 5 nitrogen and oxygen atoms in total. The smallest absolute Gasteiger partial charge is 0.313 e. The number of hydrogen-bond acceptors (Lipinski definition) is 5. The number of esters is 1. The Morgan fingerprint density at radius 3 is 3.08 bits per heavy atom. The number of anilines is 1. The van der Waals surface area contributed by atoms with E-state index in [0.717, 1.165) is 0 Å². The number of nitrogens with two attached hydrogens (primary N) is 1. The Hall–Kier alpha value is -1.65. The monoisotopic (exact) mass is 167 g/mol. The summed E-state index contributed by atoms with van der Waals surface area (Å²) in [6, 6.07) is 1.56. The quantitative estimate of drug-likeness (QED) is 0.616. The van der Waals surface area contributed by atoms with Crippen molar-refractivity contribution in [3.63, 3.8) is 0 Å². The maximum Gasteiger partial charge on any atom is 0.313 e. The van der Waals surface area contributed by atoms with Crippen LogP contribution in [0.5, 0.6) is 0 Å². The highest BCUT2D eigenvalue weighted by molar-refractivity contribution is 5.71. The summed E-state index contributed by atoms with van der Waals surface area (Å²) in [5.74, 6) is 0.353. The Bertz CT molecular complexity index is 288. The lowest BCUT2D eigenvalue weighted by molar-refractivity contribution is -0.139. The van der Waals surface area contributed by atoms with Crippen LogP contribution in [0, 0.1) is 0 Å². The van der Waals surface area contributed by atoms with Crippen molar-refractivity contribution in [2.75, 3.05) is 12.8 Å². The van der Waals surface area contributed by atoms with Gasteiger partial charge in [0.15, 0.2) is 0 Å². The van der Waals surface area contributed by atoms with Crippen LogP contribution in [0.25, 0.3) is 0 Å². The van der Waals surface area contributed by atoms with Gasteiger partial charge in [0.2, 0.25) is 0 Å². The Labute approximate surface area is 69.6 Å². The second kappa shape index (κ2) is 3.66. The third-order valence-corrected chi connectivity index (χ3v) is 1.26. The topological polar surface area (TPSA) is 78.1 Å². The van der Waals surface area contributed by atoms with Crippen molar-refractivity contribution in [3.05, 3.63) is 18.1 Å². The van der Waals surface area contributed by atoms with Gasteiger partial charge in [-0.1, -0.05) is 0 Å². The molecule has 0 radical (unpaired) electrons. The number of nitrogens with zero attached hydrogens (tertiary/aromatic N) is 2. The maximum atomic E-state index is 10.7. The Balaban J connectivity index is 2.69. The molecule has 1 aromatic rings. The fraction of sp³-hybridized carbons (Fsp3) is 0.286. The Kier molecular flexibility index (Phi) is 2.57. The number of nitrogen functional groups attached to an aromatic ring is 1. The van der Waals surface area contributed by atoms with Crippen LogP contribution in [-0.4, -0.2) is 23.0 Å². The van der Waals surface area contributed by atoms with Crippen molar-refractivity contribution in [1.29, 1.82) is 0 Å². The number of carbonyl (C=O) groups is 1. The van der Waals surface area contributed by atoms with Gasteiger partial charge in [-0.05, 0) is 6.07 Å². The van der Waals surface area contributed by atoms with Gasteiger partial charge < -0.3 is 10.5 Å². The van der Waals surface area contributed by atoms with Crippen molar-refractivity contribution < 1.29 is 9.53 Å². The fourth-order valence-corrected chi connectivity index (χ4v) is 0.701. The first-order valence-electron chi connectivity index (χ1n) is 3.36. The molecule has 0 aliphatic heterocycles. The summed E-state index contributed by atoms with van der Waals surface area (Å²) in [6.45, 7) is 0. The summed E-state index contributed by atoms with van der Waals surface area (Å²) >= 11 is 0. The number of aromatic nitrogens is 2. The lowest BCUT2D eigenvalue weighted by atomic mass is 10.4. The van der Waals surface area contributed by atoms with E-state index < -0.39 is 0 Å². The molecule has 0 atom stereocenters. The summed E-state index contributed by atoms with van der Waals surface area (Å²) in [5, 5.41) is 0. The van der Waals surface area contributed by atoms with Gasteiger partial charge in [-0.15, -0.1) is 0 Å². The van der Waals surface area contributed by atoms with Gasteiger partial charge in [0.1, 0.15) is 18.1 Å². The largest absolute Gasteiger partial charge is 0.469 e. The minimum absolute atomic E-state index is 0.0571. The van der Waals surface area contributed by atoms with E-state index in [9.17, 15) is 4.79 Å². The lowest BCUT2D eigenvalue weighted by Crippen LogP contribution is -2.08. The molecule has 2 N–H and O–H groups in total. The van der Waals surface area contributed by atoms with E-state index in [1.54, 1.807) is 6.07 Å². The normalized spacial score (nSPS) is 9.42. The van der Waals surface area contributed by atoms with Crippen molar-refractivity contribution in [2.24, 2.45) is 0 Å². The molecule has 0 spiro atoms. The molecule has 0 unspecified atom stereocenters. The van der Waals surface area contributed by atoms with Crippen LogP contribution in [0.1, 0.15) is 5.82 Å². The summed E-state index contributed by atoms with van der Waals surface area (Å²) < 4.78 is 4.43. The molecule has 5 heteroatoms. The van der Waals surface area contributed by atoms with Crippen LogP contribution in [-0.2, 0) is 16.0 Å². The summed E-state index contributed by atoms with van der Waals surface area (Å²) in [7, 11) is 1.31. The van der Waals surface area contributed by atoms with E-state index in [1.165, 1.54) is 13.3 Å². The molecular weight excluding hydrogens is 158 g/mol. The summed E-state index contributed by atoms with van der Waals surface area (Å²) in [4.78, 5) is 18.4. The predicted octanol–water partition coefficient (Wildman–Crippen LogP) is -0.226. The van der Waals surface area contributed by atoms with Crippen LogP contribution < -0.4 is 5.73 Å². The van der Waals surface area contributed by atoms with Gasteiger partial charge in [0.05, 0.1) is 7.11 Å². The molecular formula is C7H9N3O2. The maximum absolute atomic E-state index is 10.7. The van der Waals surface area contributed by atoms with Gasteiger partial charge in [-0.3, -0.25) is 4.79 Å². The van der Waals surface area contributed by atoms with Gasteiger partial charge >= 0.3 is 5.97 Å². The lowest BCUT2D eigenvalue weighted by Gasteiger charge is -1.98. The van der Waals surface area contributed by atoms with E-state index >= 15 is 0 Å². The Morgan fingerprint density at radius 1 is 1.75 bits per heavy atom. The minimum Gasteiger partial charge on any atom is -0.469 e. The van der Waals surface area contributed by atoms with Crippen LogP contribution in [0.15, 0.2) is 12.3 Å². The highest BCUT2D eigenvalue weighted by Gasteiger charge is 2.04. The fourth-order valence-electron chi connectivity index (χ4n) is 0.701. The van der Waals surface area contributed by atoms with Gasteiger partial charge in [-0.25, -0.2) is 9.97 Å². The van der Waals surface area contributed by atoms with Crippen LogP contribution >= 0.6 is 0 Å². The van der Waals surface area contributed by atoms with Crippen molar-refractivity contribution in [2.45, 2.75) is 6.42 Å². The minimum atomic E-state index is -0.374. The second-order valence-corrected chi connectivity index (χ2v) is 2.15. The molecule has 0 bridgehead atoms. The first-order valence-corrected chi connectivity index (χ1v) is 3.36. The molecule has 1 aromatic heterocycles. The standard InChI is InChI=1S/C7H9N3O2/c1-12-7(11)4-6-9-3-2-5(8)10-6/h2-3H,4H2,1H3,(H2,8,9,10). The van der Waals surface area contributed by atoms with Crippen LogP contribution in [0.2, 0.25) is 0 Å². The molecule has 0 saturated heterocycles. The second-order valence-electron chi connectivity index (χ2n) is 2.15. The van der Waals surface area contributed by atoms with Gasteiger partial charge in [0, 0.05) is 6.20 Å². The zero-order valence-corrected chi connectivity index (χ0v) is 6.65. The predicted molar refractivity (Wildman–Crippen MR) is 42.2 cm³/mol. The summed E-state index contributed by atoms with van der Waals surface area (Å²) in [6.07, 6.45) is 1.56. The first-order chi connectivity index (χ1) is 5.72. The average molecular weight is 167 g/mol. The third-order valence-electron chi connectivity index (χ3n) is 1.26. The van der Waals surface area contributed by atoms with Crippen LogP contribution in [0.3, 0.4) is 0 Å². The zero-order valence-electron chi connectivity index (χ0n) is 6.65. The van der Waals surface area contributed by atoms with E-state index in [4.69, 9.17) is 5.73 Å². The van der Waals surface area contributed by atoms with Gasteiger partial charge in [0.25, 0.3) is 0 Å². The Morgan fingerprint density at radius 2 is 2.50 bits per heavy atom. The van der Waals surface area contributed by atoms with E-state index in [0.29, 0.717) is 11.6 Å². The molecule has 12 heavy (non-hydrogen) atoms. The molecule has 0 saturated carbocycles. The molecule has 0 aliphatic rings. The highest BCUT2D eigenvalue weighted by atomic mass is 16.5.